The molecular formula is C21H24FN3O2. The number of likely N-dealkylation sites (tertiary alicyclic amines) is 1. The fraction of sp³-hybridized carbons (Fsp3) is 0.429. The van der Waals surface area contributed by atoms with Crippen molar-refractivity contribution >= 4 is 5.91 Å². The zero-order valence-electron chi connectivity index (χ0n) is 15.9. The summed E-state index contributed by atoms with van der Waals surface area (Å²) in [7, 11) is 3.31. The molecule has 5 nitrogen and oxygen atoms in total. The number of carbonyl (C=O) groups excluding carboxylic acids is 1. The van der Waals surface area contributed by atoms with E-state index in [4.69, 9.17) is 4.74 Å². The number of likely N-dealkylation sites (N-methyl/N-ethyl adjacent to an activating group) is 1. The van der Waals surface area contributed by atoms with Crippen molar-refractivity contribution in [2.45, 2.75) is 37.8 Å². The van der Waals surface area contributed by atoms with Crippen LogP contribution >= 0.6 is 0 Å². The van der Waals surface area contributed by atoms with Gasteiger partial charge in [-0.2, -0.15) is 0 Å². The molecule has 2 fully saturated rings. The second kappa shape index (κ2) is 6.60. The summed E-state index contributed by atoms with van der Waals surface area (Å²) in [5, 5.41) is 3.53. The maximum Gasteiger partial charge on any atom is 0.242 e. The van der Waals surface area contributed by atoms with E-state index in [0.717, 1.165) is 42.8 Å². The van der Waals surface area contributed by atoms with E-state index in [1.807, 2.05) is 26.1 Å². The van der Waals surface area contributed by atoms with Gasteiger partial charge >= 0.3 is 0 Å². The van der Waals surface area contributed by atoms with Gasteiger partial charge < -0.3 is 9.64 Å². The van der Waals surface area contributed by atoms with E-state index < -0.39 is 5.54 Å². The third kappa shape index (κ3) is 2.98. The van der Waals surface area contributed by atoms with Crippen molar-refractivity contribution in [3.63, 3.8) is 0 Å². The van der Waals surface area contributed by atoms with Gasteiger partial charge in [0.25, 0.3) is 0 Å². The van der Waals surface area contributed by atoms with Crippen LogP contribution in [0.1, 0.15) is 36.7 Å². The van der Waals surface area contributed by atoms with Gasteiger partial charge in [-0.3, -0.25) is 15.1 Å². The van der Waals surface area contributed by atoms with Crippen molar-refractivity contribution < 1.29 is 13.9 Å². The maximum atomic E-state index is 14.7. The van der Waals surface area contributed by atoms with E-state index in [1.165, 1.54) is 7.11 Å². The number of halogens is 1. The summed E-state index contributed by atoms with van der Waals surface area (Å²) in [6, 6.07) is 8.93. The van der Waals surface area contributed by atoms with Crippen LogP contribution in [0.5, 0.6) is 5.75 Å². The number of aromatic nitrogens is 1. The number of ether oxygens (including phenoxy) is 1. The quantitative estimate of drug-likeness (QED) is 0.903. The molecule has 1 amide bonds. The molecule has 0 unspecified atom stereocenters. The number of nitrogens with zero attached hydrogens (tertiary/aromatic N) is 2. The van der Waals surface area contributed by atoms with Crippen LogP contribution in [0, 0.1) is 12.7 Å². The van der Waals surface area contributed by atoms with Crippen LogP contribution in [0.25, 0.3) is 11.1 Å². The summed E-state index contributed by atoms with van der Waals surface area (Å²) in [6.07, 6.45) is 2.47. The number of hydrogen-bond acceptors (Lipinski definition) is 4. The minimum atomic E-state index is -0.466. The Morgan fingerprint density at radius 3 is 2.85 bits per heavy atom. The third-order valence-corrected chi connectivity index (χ3v) is 5.76. The van der Waals surface area contributed by atoms with Crippen molar-refractivity contribution in [1.29, 1.82) is 0 Å². The van der Waals surface area contributed by atoms with Crippen LogP contribution in [0.3, 0.4) is 0 Å². The largest absolute Gasteiger partial charge is 0.494 e. The molecule has 4 rings (SSSR count). The molecule has 3 heterocycles. The molecule has 1 aromatic heterocycles. The lowest BCUT2D eigenvalue weighted by Gasteiger charge is -2.23. The molecule has 2 saturated heterocycles. The number of pyridine rings is 1. The Kier molecular flexibility index (Phi) is 4.38. The van der Waals surface area contributed by atoms with Gasteiger partial charge in [-0.15, -0.1) is 0 Å². The SMILES string of the molecule is COc1cccc(-c2cc(C)nc([C@H]3CC[C@@]4(CCN(C)C4=O)N3)c2)c1F. The van der Waals surface area contributed by atoms with Crippen LogP contribution in [-0.4, -0.2) is 42.0 Å². The number of rotatable bonds is 3. The number of aryl methyl sites for hydroxylation is 1. The molecule has 27 heavy (non-hydrogen) atoms. The van der Waals surface area contributed by atoms with Gasteiger partial charge in [0, 0.05) is 24.8 Å². The molecule has 1 aromatic carbocycles. The molecule has 1 N–H and O–H groups in total. The minimum absolute atomic E-state index is 0.00670. The Balaban J connectivity index is 1.68. The predicted molar refractivity (Wildman–Crippen MR) is 101 cm³/mol. The van der Waals surface area contributed by atoms with E-state index in [9.17, 15) is 9.18 Å². The summed E-state index contributed by atoms with van der Waals surface area (Å²) in [4.78, 5) is 19.0. The Labute approximate surface area is 158 Å². The Morgan fingerprint density at radius 1 is 1.33 bits per heavy atom. The van der Waals surface area contributed by atoms with Crippen LogP contribution in [0.4, 0.5) is 4.39 Å². The molecule has 2 aliphatic heterocycles. The fourth-order valence-electron chi connectivity index (χ4n) is 4.31. The zero-order valence-corrected chi connectivity index (χ0v) is 15.9. The third-order valence-electron chi connectivity index (χ3n) is 5.76. The molecule has 2 aliphatic rings. The van der Waals surface area contributed by atoms with Crippen molar-refractivity contribution in [1.82, 2.24) is 15.2 Å². The standard InChI is InChI=1S/C21H24FN3O2/c1-13-11-14(15-5-4-6-18(27-3)19(15)22)12-17(23-13)16-7-8-21(24-16)9-10-25(2)20(21)26/h4-6,11-12,16,24H,7-10H2,1-3H3/t16-,21+/m1/s1. The molecule has 0 bridgehead atoms. The monoisotopic (exact) mass is 369 g/mol. The van der Waals surface area contributed by atoms with Gasteiger partial charge in [0.2, 0.25) is 5.91 Å². The molecule has 1 spiro atoms. The first-order valence-corrected chi connectivity index (χ1v) is 9.28. The Morgan fingerprint density at radius 2 is 2.15 bits per heavy atom. The van der Waals surface area contributed by atoms with Crippen LogP contribution in [0.2, 0.25) is 0 Å². The van der Waals surface area contributed by atoms with Gasteiger partial charge in [-0.05, 0) is 49.9 Å². The molecule has 6 heteroatoms. The second-order valence-electron chi connectivity index (χ2n) is 7.54. The van der Waals surface area contributed by atoms with Crippen LogP contribution < -0.4 is 10.1 Å². The number of amides is 1. The highest BCUT2D eigenvalue weighted by molar-refractivity contribution is 5.88. The van der Waals surface area contributed by atoms with E-state index in [2.05, 4.69) is 10.3 Å². The Bertz CT molecular complexity index is 901. The maximum absolute atomic E-state index is 14.7. The topological polar surface area (TPSA) is 54.5 Å². The summed E-state index contributed by atoms with van der Waals surface area (Å²) < 4.78 is 19.8. The first-order valence-electron chi connectivity index (χ1n) is 9.28. The highest BCUT2D eigenvalue weighted by Crippen LogP contribution is 2.39. The second-order valence-corrected chi connectivity index (χ2v) is 7.54. The van der Waals surface area contributed by atoms with Crippen molar-refractivity contribution in [3.05, 3.63) is 47.5 Å². The van der Waals surface area contributed by atoms with Gasteiger partial charge in [-0.1, -0.05) is 12.1 Å². The number of carbonyl (C=O) groups is 1. The minimum Gasteiger partial charge on any atom is -0.494 e. The van der Waals surface area contributed by atoms with Crippen LogP contribution in [0.15, 0.2) is 30.3 Å². The molecule has 2 atom stereocenters. The van der Waals surface area contributed by atoms with Crippen molar-refractivity contribution in [2.75, 3.05) is 20.7 Å². The summed E-state index contributed by atoms with van der Waals surface area (Å²) in [5.74, 6) is 0.0118. The lowest BCUT2D eigenvalue weighted by atomic mass is 9.96. The zero-order chi connectivity index (χ0) is 19.2. The molecule has 0 radical (unpaired) electrons. The van der Waals surface area contributed by atoms with Gasteiger partial charge in [0.05, 0.1) is 18.8 Å². The predicted octanol–water partition coefficient (Wildman–Crippen LogP) is 3.23. The molecule has 0 aliphatic carbocycles. The highest BCUT2D eigenvalue weighted by Gasteiger charge is 2.50. The molecule has 2 aromatic rings. The first-order chi connectivity index (χ1) is 12.9. The molecule has 142 valence electrons. The fourth-order valence-corrected chi connectivity index (χ4v) is 4.31. The number of nitrogens with one attached hydrogen (secondary N) is 1. The lowest BCUT2D eigenvalue weighted by Crippen LogP contribution is -2.47. The van der Waals surface area contributed by atoms with Crippen molar-refractivity contribution in [2.24, 2.45) is 0 Å². The summed E-state index contributed by atoms with van der Waals surface area (Å²) in [6.45, 7) is 2.68. The molecular weight excluding hydrogens is 345 g/mol. The summed E-state index contributed by atoms with van der Waals surface area (Å²) >= 11 is 0. The van der Waals surface area contributed by atoms with E-state index >= 15 is 0 Å². The van der Waals surface area contributed by atoms with Crippen LogP contribution in [-0.2, 0) is 4.79 Å². The average molecular weight is 369 g/mol. The number of methoxy groups -OCH3 is 1. The van der Waals surface area contributed by atoms with E-state index in [-0.39, 0.29) is 23.5 Å². The summed E-state index contributed by atoms with van der Waals surface area (Å²) in [5.41, 5.74) is 2.47. The Hall–Kier alpha value is -2.47. The van der Waals surface area contributed by atoms with Gasteiger partial charge in [-0.25, -0.2) is 4.39 Å². The van der Waals surface area contributed by atoms with Gasteiger partial charge in [0.15, 0.2) is 11.6 Å². The smallest absolute Gasteiger partial charge is 0.242 e. The van der Waals surface area contributed by atoms with E-state index in [1.54, 1.807) is 23.1 Å². The number of hydrogen-bond donors (Lipinski definition) is 1. The average Bonchev–Trinajstić information content (AvgIpc) is 3.21. The normalized spacial score (nSPS) is 24.8. The van der Waals surface area contributed by atoms with Crippen molar-refractivity contribution in [3.8, 4) is 16.9 Å². The first kappa shape index (κ1) is 17.9. The lowest BCUT2D eigenvalue weighted by molar-refractivity contribution is -0.131. The number of benzene rings is 1. The van der Waals surface area contributed by atoms with E-state index in [0.29, 0.717) is 5.56 Å². The highest BCUT2D eigenvalue weighted by atomic mass is 19.1. The molecule has 0 saturated carbocycles. The van der Waals surface area contributed by atoms with Gasteiger partial charge in [0.1, 0.15) is 5.54 Å².